The first-order valence-corrected chi connectivity index (χ1v) is 7.53. The molecule has 1 aliphatic carbocycles. The number of aliphatic hydroxyl groups is 1. The van der Waals surface area contributed by atoms with Crippen LogP contribution in [0.25, 0.3) is 0 Å². The Hall–Kier alpha value is -1.02. The van der Waals surface area contributed by atoms with Gasteiger partial charge in [-0.2, -0.15) is 0 Å². The second-order valence-electron chi connectivity index (χ2n) is 5.82. The van der Waals surface area contributed by atoms with E-state index in [1.165, 1.54) is 32.1 Å². The minimum Gasteiger partial charge on any atom is -0.497 e. The van der Waals surface area contributed by atoms with E-state index >= 15 is 0 Å². The van der Waals surface area contributed by atoms with Gasteiger partial charge in [-0.1, -0.05) is 38.2 Å². The molecule has 1 saturated carbocycles. The average Bonchev–Trinajstić information content (AvgIpc) is 2.45. The molecule has 0 aromatic heterocycles. The molecular weight excluding hydrogens is 236 g/mol. The molecule has 0 bridgehead atoms. The minimum absolute atomic E-state index is 0.326. The van der Waals surface area contributed by atoms with Gasteiger partial charge in [0.05, 0.1) is 13.2 Å². The van der Waals surface area contributed by atoms with Crippen LogP contribution in [0, 0.1) is 12.8 Å². The van der Waals surface area contributed by atoms with Crippen molar-refractivity contribution in [1.29, 1.82) is 0 Å². The number of rotatable bonds is 5. The Morgan fingerprint density at radius 2 is 2.00 bits per heavy atom. The van der Waals surface area contributed by atoms with Crippen molar-refractivity contribution in [1.82, 2.24) is 0 Å². The van der Waals surface area contributed by atoms with E-state index in [0.717, 1.165) is 35.6 Å². The zero-order valence-electron chi connectivity index (χ0n) is 12.2. The van der Waals surface area contributed by atoms with Crippen LogP contribution in [0.4, 0.5) is 0 Å². The van der Waals surface area contributed by atoms with Crippen molar-refractivity contribution < 1.29 is 9.84 Å². The monoisotopic (exact) mass is 262 g/mol. The van der Waals surface area contributed by atoms with Gasteiger partial charge in [0.25, 0.3) is 0 Å². The molecule has 1 unspecified atom stereocenters. The third-order valence-corrected chi connectivity index (χ3v) is 4.41. The van der Waals surface area contributed by atoms with Crippen molar-refractivity contribution in [3.05, 3.63) is 29.3 Å². The summed E-state index contributed by atoms with van der Waals surface area (Å²) in [5.41, 5.74) is 2.17. The summed E-state index contributed by atoms with van der Waals surface area (Å²) in [6.45, 7) is 2.04. The van der Waals surface area contributed by atoms with Gasteiger partial charge < -0.3 is 9.84 Å². The molecule has 1 aromatic rings. The highest BCUT2D eigenvalue weighted by Crippen LogP contribution is 2.31. The van der Waals surface area contributed by atoms with E-state index in [9.17, 15) is 5.11 Å². The van der Waals surface area contributed by atoms with Crippen molar-refractivity contribution in [3.63, 3.8) is 0 Å². The van der Waals surface area contributed by atoms with Gasteiger partial charge in [-0.05, 0) is 48.9 Å². The largest absolute Gasteiger partial charge is 0.497 e. The van der Waals surface area contributed by atoms with Crippen LogP contribution >= 0.6 is 0 Å². The van der Waals surface area contributed by atoms with Crippen molar-refractivity contribution in [2.75, 3.05) is 7.11 Å². The van der Waals surface area contributed by atoms with Crippen LogP contribution in [0.15, 0.2) is 18.2 Å². The van der Waals surface area contributed by atoms with Gasteiger partial charge in [-0.3, -0.25) is 0 Å². The van der Waals surface area contributed by atoms with E-state index in [0.29, 0.717) is 0 Å². The van der Waals surface area contributed by atoms with Crippen LogP contribution in [0.5, 0.6) is 5.75 Å². The van der Waals surface area contributed by atoms with Gasteiger partial charge in [-0.25, -0.2) is 0 Å². The molecule has 0 saturated heterocycles. The first kappa shape index (κ1) is 14.4. The fraction of sp³-hybridized carbons (Fsp3) is 0.647. The van der Waals surface area contributed by atoms with Gasteiger partial charge >= 0.3 is 0 Å². The Morgan fingerprint density at radius 3 is 2.63 bits per heavy atom. The molecule has 106 valence electrons. The first-order chi connectivity index (χ1) is 9.20. The van der Waals surface area contributed by atoms with E-state index in [2.05, 4.69) is 0 Å². The van der Waals surface area contributed by atoms with Crippen molar-refractivity contribution in [2.24, 2.45) is 5.92 Å². The molecule has 0 spiro atoms. The lowest BCUT2D eigenvalue weighted by Gasteiger charge is -2.23. The van der Waals surface area contributed by atoms with Gasteiger partial charge in [0.15, 0.2) is 0 Å². The maximum absolute atomic E-state index is 10.4. The molecule has 1 fully saturated rings. The lowest BCUT2D eigenvalue weighted by Crippen LogP contribution is -2.09. The zero-order valence-corrected chi connectivity index (χ0v) is 12.2. The van der Waals surface area contributed by atoms with Gasteiger partial charge in [-0.15, -0.1) is 0 Å². The van der Waals surface area contributed by atoms with Crippen molar-refractivity contribution >= 4 is 0 Å². The number of ether oxygens (including phenoxy) is 1. The number of aliphatic hydroxyl groups excluding tert-OH is 1. The summed E-state index contributed by atoms with van der Waals surface area (Å²) >= 11 is 0. The maximum Gasteiger partial charge on any atom is 0.119 e. The molecule has 0 amide bonds. The fourth-order valence-corrected chi connectivity index (χ4v) is 3.17. The van der Waals surface area contributed by atoms with Crippen LogP contribution < -0.4 is 4.74 Å². The highest BCUT2D eigenvalue weighted by atomic mass is 16.5. The molecule has 2 rings (SSSR count). The third kappa shape index (κ3) is 3.97. The molecule has 1 aliphatic rings. The topological polar surface area (TPSA) is 29.5 Å². The Kier molecular flexibility index (Phi) is 5.26. The van der Waals surface area contributed by atoms with E-state index < -0.39 is 0 Å². The maximum atomic E-state index is 10.4. The molecule has 1 atom stereocenters. The molecule has 0 radical (unpaired) electrons. The number of aryl methyl sites for hydroxylation is 1. The van der Waals surface area contributed by atoms with Crippen LogP contribution in [0.3, 0.4) is 0 Å². The second-order valence-corrected chi connectivity index (χ2v) is 5.82. The zero-order chi connectivity index (χ0) is 13.7. The number of benzene rings is 1. The van der Waals surface area contributed by atoms with Crippen molar-refractivity contribution in [2.45, 2.75) is 58.0 Å². The molecule has 1 N–H and O–H groups in total. The van der Waals surface area contributed by atoms with Gasteiger partial charge in [0, 0.05) is 0 Å². The Labute approximate surface area is 116 Å². The standard InChI is InChI=1S/C17H26O2/c1-13-12-15(19-2)9-10-16(13)17(18)11-8-14-6-4-3-5-7-14/h9-10,12,14,17-18H,3-8,11H2,1-2H3. The Bertz CT molecular complexity index is 394. The molecule has 19 heavy (non-hydrogen) atoms. The highest BCUT2D eigenvalue weighted by molar-refractivity contribution is 5.35. The Balaban J connectivity index is 1.89. The summed E-state index contributed by atoms with van der Waals surface area (Å²) in [7, 11) is 1.67. The SMILES string of the molecule is COc1ccc(C(O)CCC2CCCCC2)c(C)c1. The average molecular weight is 262 g/mol. The number of hydrogen-bond acceptors (Lipinski definition) is 2. The summed E-state index contributed by atoms with van der Waals surface area (Å²) in [4.78, 5) is 0. The molecule has 1 aromatic carbocycles. The Morgan fingerprint density at radius 1 is 1.26 bits per heavy atom. The quantitative estimate of drug-likeness (QED) is 0.852. The highest BCUT2D eigenvalue weighted by Gasteiger charge is 2.17. The first-order valence-electron chi connectivity index (χ1n) is 7.53. The van der Waals surface area contributed by atoms with E-state index in [1.54, 1.807) is 7.11 Å². The predicted octanol–water partition coefficient (Wildman–Crippen LogP) is 4.40. The summed E-state index contributed by atoms with van der Waals surface area (Å²) in [5, 5.41) is 10.4. The normalized spacial score (nSPS) is 18.3. The minimum atomic E-state index is -0.326. The number of methoxy groups -OCH3 is 1. The fourth-order valence-electron chi connectivity index (χ4n) is 3.17. The lowest BCUT2D eigenvalue weighted by molar-refractivity contribution is 0.150. The van der Waals surface area contributed by atoms with Crippen molar-refractivity contribution in [3.8, 4) is 5.75 Å². The van der Waals surface area contributed by atoms with E-state index in [1.807, 2.05) is 25.1 Å². The molecule has 2 nitrogen and oxygen atoms in total. The molecule has 0 aliphatic heterocycles. The van der Waals surface area contributed by atoms with Crippen LogP contribution in [-0.4, -0.2) is 12.2 Å². The summed E-state index contributed by atoms with van der Waals surface area (Å²) in [6, 6.07) is 5.94. The van der Waals surface area contributed by atoms with E-state index in [-0.39, 0.29) is 6.10 Å². The molecule has 0 heterocycles. The van der Waals surface area contributed by atoms with Gasteiger partial charge in [0.2, 0.25) is 0 Å². The summed E-state index contributed by atoms with van der Waals surface area (Å²) < 4.78 is 5.20. The smallest absolute Gasteiger partial charge is 0.119 e. The molecule has 2 heteroatoms. The predicted molar refractivity (Wildman–Crippen MR) is 78.5 cm³/mol. The third-order valence-electron chi connectivity index (χ3n) is 4.41. The van der Waals surface area contributed by atoms with E-state index in [4.69, 9.17) is 4.74 Å². The summed E-state index contributed by atoms with van der Waals surface area (Å²) in [6.07, 6.45) is 8.59. The second kappa shape index (κ2) is 6.95. The number of hydrogen-bond donors (Lipinski definition) is 1. The summed E-state index contributed by atoms with van der Waals surface area (Å²) in [5.74, 6) is 1.70. The van der Waals surface area contributed by atoms with Crippen LogP contribution in [0.1, 0.15) is 62.2 Å². The van der Waals surface area contributed by atoms with Crippen LogP contribution in [-0.2, 0) is 0 Å². The lowest BCUT2D eigenvalue weighted by atomic mass is 9.84. The van der Waals surface area contributed by atoms with Crippen LogP contribution in [0.2, 0.25) is 0 Å². The van der Waals surface area contributed by atoms with Gasteiger partial charge in [0.1, 0.15) is 5.75 Å². The molecular formula is C17H26O2.